The maximum Gasteiger partial charge on any atom is 0.488 e. The summed E-state index contributed by atoms with van der Waals surface area (Å²) in [5, 5.41) is 0. The number of ketones is 1. The Labute approximate surface area is 151 Å². The summed E-state index contributed by atoms with van der Waals surface area (Å²) in [5.74, 6) is -0.363. The van der Waals surface area contributed by atoms with Gasteiger partial charge in [0.2, 0.25) is 0 Å². The average Bonchev–Trinajstić information content (AvgIpc) is 2.65. The monoisotopic (exact) mass is 377 g/mol. The third-order valence-corrected chi connectivity index (χ3v) is 4.78. The summed E-state index contributed by atoms with van der Waals surface area (Å²) < 4.78 is 28.3. The molecule has 0 aromatic heterocycles. The molecular formula is C18H20NO6P. The van der Waals surface area contributed by atoms with Crippen LogP contribution in [-0.2, 0) is 25.2 Å². The van der Waals surface area contributed by atoms with Crippen LogP contribution in [0.2, 0.25) is 0 Å². The number of hydrogen-bond acceptors (Lipinski definition) is 7. The second-order valence-corrected chi connectivity index (χ2v) is 7.27. The normalized spacial score (nSPS) is 14.1. The van der Waals surface area contributed by atoms with Crippen molar-refractivity contribution in [3.05, 3.63) is 66.2 Å². The van der Waals surface area contributed by atoms with Crippen molar-refractivity contribution in [2.24, 2.45) is 5.73 Å². The second kappa shape index (κ2) is 9.29. The van der Waals surface area contributed by atoms with Crippen molar-refractivity contribution in [3.8, 4) is 5.75 Å². The molecule has 0 amide bonds. The van der Waals surface area contributed by atoms with Crippen LogP contribution in [0.1, 0.15) is 12.5 Å². The molecule has 0 aliphatic heterocycles. The number of Topliss-reactive ketones (excluding diaryl/α,β-unsaturated/α-hetero) is 1. The lowest BCUT2D eigenvalue weighted by molar-refractivity contribution is -0.122. The van der Waals surface area contributed by atoms with E-state index in [0.717, 1.165) is 0 Å². The summed E-state index contributed by atoms with van der Waals surface area (Å²) in [6.07, 6.45) is 0. The molecule has 0 saturated heterocycles. The average molecular weight is 377 g/mol. The Morgan fingerprint density at radius 3 is 2.19 bits per heavy atom. The van der Waals surface area contributed by atoms with Gasteiger partial charge < -0.3 is 15.0 Å². The number of rotatable bonds is 9. The van der Waals surface area contributed by atoms with Crippen LogP contribution in [-0.4, -0.2) is 24.1 Å². The highest BCUT2D eigenvalue weighted by atomic mass is 31.2. The van der Waals surface area contributed by atoms with Gasteiger partial charge in [-0.1, -0.05) is 48.5 Å². The molecule has 0 spiro atoms. The molecule has 0 saturated carbocycles. The summed E-state index contributed by atoms with van der Waals surface area (Å²) in [4.78, 5) is 24.0. The molecule has 0 fully saturated rings. The Kier molecular flexibility index (Phi) is 7.09. The Balaban J connectivity index is 2.11. The summed E-state index contributed by atoms with van der Waals surface area (Å²) in [7, 11) is -4.40. The first kappa shape index (κ1) is 19.8. The van der Waals surface area contributed by atoms with Crippen molar-refractivity contribution < 1.29 is 27.9 Å². The molecule has 0 heterocycles. The van der Waals surface area contributed by atoms with Crippen LogP contribution < -0.4 is 10.3 Å². The standard InChI is InChI=1S/C18H20NO6P/c1-14(19)17(20)13-24-26(22,25-16-10-6-3-7-11-16)18(21)23-12-15-8-4-2-5-9-15/h2-11,14H,12-13,19H2,1H3/t14-,26?/m0/s1. The van der Waals surface area contributed by atoms with Gasteiger partial charge in [-0.25, -0.2) is 9.36 Å². The van der Waals surface area contributed by atoms with Crippen LogP contribution in [0.5, 0.6) is 5.75 Å². The van der Waals surface area contributed by atoms with Crippen molar-refractivity contribution in [3.63, 3.8) is 0 Å². The van der Waals surface area contributed by atoms with Gasteiger partial charge in [0.15, 0.2) is 5.78 Å². The van der Waals surface area contributed by atoms with Crippen molar-refractivity contribution in [2.45, 2.75) is 19.6 Å². The largest absolute Gasteiger partial charge is 0.488 e. The zero-order valence-electron chi connectivity index (χ0n) is 14.2. The Morgan fingerprint density at radius 1 is 1.04 bits per heavy atom. The summed E-state index contributed by atoms with van der Waals surface area (Å²) in [5.41, 5.74) is 4.98. The van der Waals surface area contributed by atoms with Gasteiger partial charge in [0.05, 0.1) is 6.04 Å². The van der Waals surface area contributed by atoms with Gasteiger partial charge in [0.1, 0.15) is 19.0 Å². The zero-order chi connectivity index (χ0) is 19.0. The summed E-state index contributed by atoms with van der Waals surface area (Å²) in [6.45, 7) is 0.733. The molecule has 8 heteroatoms. The van der Waals surface area contributed by atoms with E-state index in [1.54, 1.807) is 42.5 Å². The number of para-hydroxylation sites is 1. The van der Waals surface area contributed by atoms with Gasteiger partial charge in [-0.05, 0) is 24.6 Å². The van der Waals surface area contributed by atoms with E-state index in [4.69, 9.17) is 19.5 Å². The molecule has 0 aliphatic carbocycles. The lowest BCUT2D eigenvalue weighted by Gasteiger charge is -2.18. The SMILES string of the molecule is C[C@H](N)C(=O)COP(=O)(Oc1ccccc1)C(=O)OCc1ccccc1. The first-order chi connectivity index (χ1) is 12.4. The fourth-order valence-corrected chi connectivity index (χ4v) is 2.97. The van der Waals surface area contributed by atoms with E-state index >= 15 is 0 Å². The summed E-state index contributed by atoms with van der Waals surface area (Å²) in [6, 6.07) is 16.1. The van der Waals surface area contributed by atoms with Crippen LogP contribution in [0, 0.1) is 0 Å². The lowest BCUT2D eigenvalue weighted by atomic mass is 10.2. The van der Waals surface area contributed by atoms with Crippen molar-refractivity contribution in [1.82, 2.24) is 0 Å². The number of benzene rings is 2. The number of hydrogen-bond donors (Lipinski definition) is 1. The van der Waals surface area contributed by atoms with Gasteiger partial charge in [-0.2, -0.15) is 0 Å². The molecule has 2 aromatic carbocycles. The maximum atomic E-state index is 12.9. The molecule has 7 nitrogen and oxygen atoms in total. The fraction of sp³-hybridized carbons (Fsp3) is 0.222. The van der Waals surface area contributed by atoms with E-state index in [0.29, 0.717) is 5.56 Å². The lowest BCUT2D eigenvalue weighted by Crippen LogP contribution is -2.30. The van der Waals surface area contributed by atoms with Crippen molar-refractivity contribution in [1.29, 1.82) is 0 Å². The van der Waals surface area contributed by atoms with Gasteiger partial charge in [0, 0.05) is 0 Å². The first-order valence-corrected chi connectivity index (χ1v) is 9.44. The van der Waals surface area contributed by atoms with E-state index < -0.39 is 31.7 Å². The number of ether oxygens (including phenoxy) is 1. The van der Waals surface area contributed by atoms with Gasteiger partial charge in [0.25, 0.3) is 0 Å². The molecule has 2 rings (SSSR count). The molecule has 2 N–H and O–H groups in total. The molecule has 0 radical (unpaired) electrons. The highest BCUT2D eigenvalue weighted by Gasteiger charge is 2.40. The highest BCUT2D eigenvalue weighted by Crippen LogP contribution is 2.50. The minimum Gasteiger partial charge on any atom is -0.451 e. The topological polar surface area (TPSA) is 105 Å². The van der Waals surface area contributed by atoms with E-state index in [9.17, 15) is 14.2 Å². The molecule has 1 unspecified atom stereocenters. The molecule has 138 valence electrons. The first-order valence-electron chi connectivity index (χ1n) is 7.89. The van der Waals surface area contributed by atoms with E-state index in [1.807, 2.05) is 6.07 Å². The molecule has 0 aliphatic rings. The van der Waals surface area contributed by atoms with Crippen molar-refractivity contribution >= 4 is 19.1 Å². The Hall–Kier alpha value is -2.47. The minimum absolute atomic E-state index is 0.105. The number of carbonyl (C=O) groups is 2. The smallest absolute Gasteiger partial charge is 0.451 e. The van der Waals surface area contributed by atoms with Crippen LogP contribution in [0.15, 0.2) is 60.7 Å². The van der Waals surface area contributed by atoms with E-state index in [2.05, 4.69) is 0 Å². The van der Waals surface area contributed by atoms with Gasteiger partial charge in [-0.15, -0.1) is 0 Å². The van der Waals surface area contributed by atoms with Crippen LogP contribution >= 0.6 is 7.60 Å². The summed E-state index contributed by atoms with van der Waals surface area (Å²) >= 11 is 0. The predicted octanol–water partition coefficient (Wildman–Crippen LogP) is 3.53. The zero-order valence-corrected chi connectivity index (χ0v) is 15.1. The quantitative estimate of drug-likeness (QED) is 0.667. The van der Waals surface area contributed by atoms with E-state index in [-0.39, 0.29) is 12.4 Å². The van der Waals surface area contributed by atoms with Crippen LogP contribution in [0.4, 0.5) is 4.79 Å². The molecular weight excluding hydrogens is 357 g/mol. The molecule has 26 heavy (non-hydrogen) atoms. The molecule has 0 bridgehead atoms. The molecule has 2 atom stereocenters. The number of nitrogens with two attached hydrogens (primary N) is 1. The van der Waals surface area contributed by atoms with Gasteiger partial charge in [-0.3, -0.25) is 9.32 Å². The Bertz CT molecular complexity index is 779. The fourth-order valence-electron chi connectivity index (χ4n) is 1.81. The Morgan fingerprint density at radius 2 is 1.62 bits per heavy atom. The van der Waals surface area contributed by atoms with Crippen molar-refractivity contribution in [2.75, 3.05) is 6.61 Å². The van der Waals surface area contributed by atoms with Gasteiger partial charge >= 0.3 is 13.3 Å². The predicted molar refractivity (Wildman–Crippen MR) is 95.9 cm³/mol. The van der Waals surface area contributed by atoms with Crippen LogP contribution in [0.25, 0.3) is 0 Å². The third kappa shape index (κ3) is 5.81. The second-order valence-electron chi connectivity index (χ2n) is 5.47. The number of carbonyl (C=O) groups excluding carboxylic acids is 2. The van der Waals surface area contributed by atoms with E-state index in [1.165, 1.54) is 19.1 Å². The minimum atomic E-state index is -4.40. The third-order valence-electron chi connectivity index (χ3n) is 3.28. The molecule has 2 aromatic rings. The highest BCUT2D eigenvalue weighted by molar-refractivity contribution is 7.71. The van der Waals surface area contributed by atoms with Crippen LogP contribution in [0.3, 0.4) is 0 Å². The maximum absolute atomic E-state index is 12.9.